The van der Waals surface area contributed by atoms with Gasteiger partial charge < -0.3 is 53.4 Å². The number of morpholine rings is 1. The molecule has 0 aromatic heterocycles. The number of ketones is 3. The molecule has 0 unspecified atom stereocenters. The van der Waals surface area contributed by atoms with E-state index in [4.69, 9.17) is 33.2 Å². The van der Waals surface area contributed by atoms with Crippen LogP contribution < -0.4 is 0 Å². The summed E-state index contributed by atoms with van der Waals surface area (Å²) in [5.74, 6) is -8.09. The molecule has 2 bridgehead atoms. The number of fused-ring (bicyclic) bond motifs is 3. The zero-order valence-electron chi connectivity index (χ0n) is 48.1. The lowest BCUT2D eigenvalue weighted by atomic mass is 9.78. The molecule has 0 spiro atoms. The number of aliphatic hydroxyl groups excluding tert-OH is 2. The number of cyclic esters (lactones) is 1. The van der Waals surface area contributed by atoms with Gasteiger partial charge in [0.2, 0.25) is 5.79 Å². The first-order valence-corrected chi connectivity index (χ1v) is 28.8. The number of nitrogens with zero attached hydrogens (tertiary/aromatic N) is 2. The third kappa shape index (κ3) is 18.3. The lowest BCUT2D eigenvalue weighted by Gasteiger charge is -2.43. The average Bonchev–Trinajstić information content (AvgIpc) is 3.41. The van der Waals surface area contributed by atoms with E-state index in [0.29, 0.717) is 63.2 Å². The lowest BCUT2D eigenvalue weighted by molar-refractivity contribution is -0.266. The van der Waals surface area contributed by atoms with Crippen molar-refractivity contribution in [1.29, 1.82) is 0 Å². The summed E-state index contributed by atoms with van der Waals surface area (Å²) < 4.78 is 42.3. The Balaban J connectivity index is 1.41. The van der Waals surface area contributed by atoms with E-state index in [0.717, 1.165) is 51.1 Å². The number of carbonyl (C=O) groups is 5. The Kier molecular flexibility index (Phi) is 26.3. The summed E-state index contributed by atoms with van der Waals surface area (Å²) in [5.41, 5.74) is 1.19. The van der Waals surface area contributed by atoms with Crippen LogP contribution in [-0.2, 0) is 57.1 Å². The number of piperidine rings is 1. The molecule has 0 radical (unpaired) electrons. The molecule has 5 aliphatic rings. The fraction of sp³-hybridized carbons (Fsp3) is 0.783. The lowest BCUT2D eigenvalue weighted by Crippen LogP contribution is -2.61. The molecule has 77 heavy (non-hydrogen) atoms. The van der Waals surface area contributed by atoms with Gasteiger partial charge in [0.25, 0.3) is 11.7 Å². The van der Waals surface area contributed by atoms with E-state index in [-0.39, 0.29) is 80.5 Å². The van der Waals surface area contributed by atoms with Crippen molar-refractivity contribution < 1.29 is 72.5 Å². The average molecular weight is 1090 g/mol. The van der Waals surface area contributed by atoms with Gasteiger partial charge >= 0.3 is 5.97 Å². The highest BCUT2D eigenvalue weighted by atomic mass is 16.6. The second-order valence-corrected chi connectivity index (χ2v) is 23.1. The normalized spacial score (nSPS) is 36.2. The molecule has 4 aliphatic heterocycles. The molecule has 436 valence electrons. The van der Waals surface area contributed by atoms with Crippen LogP contribution >= 0.6 is 0 Å². The van der Waals surface area contributed by atoms with Crippen LogP contribution in [-0.4, -0.2) is 182 Å². The highest BCUT2D eigenvalue weighted by Gasteiger charge is 2.53. The van der Waals surface area contributed by atoms with Gasteiger partial charge in [-0.3, -0.25) is 24.1 Å². The van der Waals surface area contributed by atoms with E-state index in [1.807, 2.05) is 58.1 Å². The number of esters is 1. The van der Waals surface area contributed by atoms with E-state index in [2.05, 4.69) is 11.8 Å². The van der Waals surface area contributed by atoms with Crippen LogP contribution in [0.1, 0.15) is 139 Å². The van der Waals surface area contributed by atoms with Crippen LogP contribution in [0.2, 0.25) is 0 Å². The van der Waals surface area contributed by atoms with E-state index < -0.39 is 77.8 Å². The maximum absolute atomic E-state index is 14.6. The minimum absolute atomic E-state index is 0.0100. The Bertz CT molecular complexity index is 2040. The fourth-order valence-corrected chi connectivity index (χ4v) is 12.0. The van der Waals surface area contributed by atoms with Gasteiger partial charge in [-0.25, -0.2) is 4.79 Å². The quantitative estimate of drug-likeness (QED) is 0.0759. The molecular formula is C60H96N2O15. The van der Waals surface area contributed by atoms with Crippen molar-refractivity contribution in [2.24, 2.45) is 35.5 Å². The molecule has 1 amide bonds. The summed E-state index contributed by atoms with van der Waals surface area (Å²) in [6, 6.07) is -0.783. The molecule has 1 saturated carbocycles. The Morgan fingerprint density at radius 1 is 0.844 bits per heavy atom. The summed E-state index contributed by atoms with van der Waals surface area (Å²) in [4.78, 5) is 75.4. The molecule has 16 atom stereocenters. The zero-order valence-corrected chi connectivity index (χ0v) is 48.1. The molecule has 0 aromatic carbocycles. The van der Waals surface area contributed by atoms with Crippen LogP contribution in [0.3, 0.4) is 0 Å². The number of allylic oxidation sites excluding steroid dienone is 6. The van der Waals surface area contributed by atoms with E-state index in [1.165, 1.54) is 12.0 Å². The number of ether oxygens (including phenoxy) is 7. The van der Waals surface area contributed by atoms with Crippen molar-refractivity contribution in [2.75, 3.05) is 66.9 Å². The molecule has 3 N–H and O–H groups in total. The second kappa shape index (κ2) is 31.5. The number of amides is 1. The van der Waals surface area contributed by atoms with Crippen molar-refractivity contribution in [2.45, 2.75) is 199 Å². The Hall–Kier alpha value is -3.49. The minimum Gasteiger partial charge on any atom is -0.460 e. The predicted molar refractivity (Wildman–Crippen MR) is 291 cm³/mol. The monoisotopic (exact) mass is 1080 g/mol. The van der Waals surface area contributed by atoms with Crippen LogP contribution in [0.25, 0.3) is 0 Å². The summed E-state index contributed by atoms with van der Waals surface area (Å²) >= 11 is 0. The van der Waals surface area contributed by atoms with Crippen LogP contribution in [0.15, 0.2) is 47.6 Å². The van der Waals surface area contributed by atoms with E-state index in [9.17, 15) is 39.3 Å². The van der Waals surface area contributed by atoms with Gasteiger partial charge in [-0.15, -0.1) is 0 Å². The van der Waals surface area contributed by atoms with E-state index in [1.54, 1.807) is 34.0 Å². The largest absolute Gasteiger partial charge is 0.460 e. The summed E-state index contributed by atoms with van der Waals surface area (Å²) in [5, 5.41) is 33.4. The number of Topliss-reactive ketones (excluding diaryl/α,β-unsaturated/α-hetero) is 3. The number of hydrogen-bond donors (Lipinski definition) is 3. The van der Waals surface area contributed by atoms with Crippen LogP contribution in [0, 0.1) is 35.5 Å². The van der Waals surface area contributed by atoms with Gasteiger partial charge in [0.15, 0.2) is 5.78 Å². The Morgan fingerprint density at radius 3 is 2.32 bits per heavy atom. The first-order chi connectivity index (χ1) is 36.7. The van der Waals surface area contributed by atoms with Gasteiger partial charge in [-0.1, -0.05) is 71.1 Å². The SMILES string of the molecule is CO[C@@H]1C[C@H](C[C@@H](C)[C@@H]2CC(=O)[C@H](C)C=C(C)[C@@H](O)[C@@H](OC)C(=O)[C@H](C)C[C@H](C)C=CC=CC=C(C)[C@@H](OCCO)C[C@@H]3CC[C@@H](C)[C@@](O)(O3)C(=O)C(=O)N3CCCC[C@H]3C(=O)O2)CC[C@H]1OCCCN1CCOC[C@H]1C. The minimum atomic E-state index is -2.48. The van der Waals surface area contributed by atoms with E-state index >= 15 is 0 Å². The maximum atomic E-state index is 14.6. The first-order valence-electron chi connectivity index (χ1n) is 28.8. The molecule has 0 aromatic rings. The number of aliphatic hydroxyl groups is 3. The maximum Gasteiger partial charge on any atom is 0.329 e. The van der Waals surface area contributed by atoms with Gasteiger partial charge in [0, 0.05) is 77.1 Å². The van der Waals surface area contributed by atoms with Crippen molar-refractivity contribution >= 4 is 29.2 Å². The first kappa shape index (κ1) is 64.3. The standard InChI is InChI=1S/C60H96N2O15/c1-38-17-12-11-13-18-39(2)51(75-30-27-63)35-47-22-20-44(7)60(70,77-47)57(67)58(68)62-25-15-14-19-48(62)59(69)76-52(36-49(64)40(3)32-43(6)55(66)56(72-10)54(65)42(5)31-38)41(4)33-46-21-23-50(53(34-46)71-9)74-28-16-24-61-26-29-73-37-45(61)8/h11-13,17-18,32,38,40-42,44-48,50-53,55-56,63,66,70H,14-16,19-31,33-37H2,1-10H3/t38-,40-,41-,42-,44-,45-,46+,47+,48+,50-,51+,52+,53-,55-,56+,60-/m1/s1. The molecular weight excluding hydrogens is 989 g/mol. The molecule has 4 heterocycles. The number of rotatable bonds is 13. The van der Waals surface area contributed by atoms with Gasteiger partial charge in [-0.2, -0.15) is 0 Å². The smallest absolute Gasteiger partial charge is 0.329 e. The van der Waals surface area contributed by atoms with Crippen molar-refractivity contribution in [1.82, 2.24) is 9.80 Å². The predicted octanol–water partition coefficient (Wildman–Crippen LogP) is 6.68. The number of carbonyl (C=O) groups excluding carboxylic acids is 5. The molecule has 3 saturated heterocycles. The topological polar surface area (TPSA) is 217 Å². The van der Waals surface area contributed by atoms with Gasteiger partial charge in [-0.05, 0) is 120 Å². The number of methoxy groups -OCH3 is 2. The van der Waals surface area contributed by atoms with Crippen molar-refractivity contribution in [3.8, 4) is 0 Å². The van der Waals surface area contributed by atoms with Crippen LogP contribution in [0.5, 0.6) is 0 Å². The Labute approximate surface area is 459 Å². The van der Waals surface area contributed by atoms with Crippen molar-refractivity contribution in [3.05, 3.63) is 47.6 Å². The zero-order chi connectivity index (χ0) is 56.4. The third-order valence-corrected chi connectivity index (χ3v) is 17.0. The molecule has 1 aliphatic carbocycles. The highest BCUT2D eigenvalue weighted by Crippen LogP contribution is 2.38. The third-order valence-electron chi connectivity index (χ3n) is 17.0. The molecule has 17 nitrogen and oxygen atoms in total. The molecule has 17 heteroatoms. The van der Waals surface area contributed by atoms with Gasteiger partial charge in [0.1, 0.15) is 30.1 Å². The van der Waals surface area contributed by atoms with Crippen LogP contribution in [0.4, 0.5) is 0 Å². The van der Waals surface area contributed by atoms with Gasteiger partial charge in [0.05, 0.1) is 50.8 Å². The molecule has 4 fully saturated rings. The summed E-state index contributed by atoms with van der Waals surface area (Å²) in [6.07, 6.45) is 12.7. The summed E-state index contributed by atoms with van der Waals surface area (Å²) in [6.45, 7) is 18.7. The molecule has 5 rings (SSSR count). The second-order valence-electron chi connectivity index (χ2n) is 23.1. The van der Waals surface area contributed by atoms with Crippen molar-refractivity contribution in [3.63, 3.8) is 0 Å². The fourth-order valence-electron chi connectivity index (χ4n) is 12.0. The number of hydrogen-bond acceptors (Lipinski definition) is 16. The summed E-state index contributed by atoms with van der Waals surface area (Å²) in [7, 11) is 3.09. The Morgan fingerprint density at radius 2 is 1.61 bits per heavy atom. The highest BCUT2D eigenvalue weighted by molar-refractivity contribution is 6.39.